The van der Waals surface area contributed by atoms with E-state index in [2.05, 4.69) is 12.1 Å². The van der Waals surface area contributed by atoms with E-state index in [4.69, 9.17) is 0 Å². The number of hydrogen-bond acceptors (Lipinski definition) is 1. The quantitative estimate of drug-likeness (QED) is 0.590. The number of benzene rings is 2. The summed E-state index contributed by atoms with van der Waals surface area (Å²) in [5.74, 6) is 0.284. The van der Waals surface area contributed by atoms with E-state index in [-0.39, 0.29) is 5.78 Å². The molecule has 0 radical (unpaired) electrons. The van der Waals surface area contributed by atoms with Crippen molar-refractivity contribution < 1.29 is 4.79 Å². The number of ketones is 1. The van der Waals surface area contributed by atoms with Crippen molar-refractivity contribution in [2.75, 3.05) is 0 Å². The van der Waals surface area contributed by atoms with Gasteiger partial charge < -0.3 is 0 Å². The molecule has 1 nitrogen and oxygen atoms in total. The molecule has 0 bridgehead atoms. The van der Waals surface area contributed by atoms with Gasteiger partial charge in [-0.2, -0.15) is 0 Å². The molecule has 0 heterocycles. The average Bonchev–Trinajstić information content (AvgIpc) is 2.14. The molecule has 62 valence electrons. The highest BCUT2D eigenvalue weighted by molar-refractivity contribution is 6.16. The van der Waals surface area contributed by atoms with E-state index in [0.717, 1.165) is 16.3 Å². The Morgan fingerprint density at radius 1 is 1.00 bits per heavy atom. The fraction of sp³-hybridized carbons (Fsp3) is 0.0833. The molecule has 0 fully saturated rings. The fourth-order valence-corrected chi connectivity index (χ4v) is 1.95. The molecule has 0 aromatic heterocycles. The van der Waals surface area contributed by atoms with E-state index >= 15 is 0 Å². The minimum atomic E-state index is 0.284. The zero-order valence-electron chi connectivity index (χ0n) is 7.08. The van der Waals surface area contributed by atoms with Gasteiger partial charge in [0.1, 0.15) is 0 Å². The first-order valence-corrected chi connectivity index (χ1v) is 4.40. The van der Waals surface area contributed by atoms with Crippen LogP contribution in [0.3, 0.4) is 0 Å². The summed E-state index contributed by atoms with van der Waals surface area (Å²) in [6.07, 6.45) is 0.625. The lowest BCUT2D eigenvalue weighted by molar-refractivity contribution is 0.0970. The van der Waals surface area contributed by atoms with Gasteiger partial charge >= 0.3 is 0 Å². The number of carbonyl (C=O) groups excluding carboxylic acids is 1. The molecule has 0 saturated heterocycles. The third-order valence-corrected chi connectivity index (χ3v) is 2.65. The summed E-state index contributed by atoms with van der Waals surface area (Å²) in [4.78, 5) is 11.3. The Labute approximate surface area is 76.0 Å². The maximum absolute atomic E-state index is 11.3. The molecule has 13 heavy (non-hydrogen) atoms. The van der Waals surface area contributed by atoms with Crippen LogP contribution in [0.15, 0.2) is 36.4 Å². The molecule has 2 aromatic carbocycles. The third kappa shape index (κ3) is 0.788. The van der Waals surface area contributed by atoms with E-state index in [1.807, 2.05) is 24.3 Å². The van der Waals surface area contributed by atoms with Crippen molar-refractivity contribution in [3.05, 3.63) is 47.5 Å². The van der Waals surface area contributed by atoms with Crippen LogP contribution in [0.25, 0.3) is 10.8 Å². The second kappa shape index (κ2) is 2.19. The largest absolute Gasteiger partial charge is 0.294 e. The predicted molar refractivity (Wildman–Crippen MR) is 52.0 cm³/mol. The SMILES string of the molecule is O=C1Cc2ccc3ccccc3c21. The highest BCUT2D eigenvalue weighted by Crippen LogP contribution is 2.30. The average molecular weight is 168 g/mol. The second-order valence-electron chi connectivity index (χ2n) is 3.42. The molecule has 2 aromatic rings. The summed E-state index contributed by atoms with van der Waals surface area (Å²) >= 11 is 0. The van der Waals surface area contributed by atoms with Crippen molar-refractivity contribution in [1.29, 1.82) is 0 Å². The minimum absolute atomic E-state index is 0.284. The molecule has 1 aliphatic carbocycles. The van der Waals surface area contributed by atoms with Gasteiger partial charge in [-0.05, 0) is 16.3 Å². The molecule has 1 aliphatic rings. The van der Waals surface area contributed by atoms with Crippen molar-refractivity contribution in [3.63, 3.8) is 0 Å². The van der Waals surface area contributed by atoms with E-state index < -0.39 is 0 Å². The van der Waals surface area contributed by atoms with Crippen LogP contribution in [0.4, 0.5) is 0 Å². The zero-order chi connectivity index (χ0) is 8.84. The first kappa shape index (κ1) is 6.84. The lowest BCUT2D eigenvalue weighted by Crippen LogP contribution is -2.18. The standard InChI is InChI=1S/C12H8O/c13-11-7-9-6-5-8-3-1-2-4-10(8)12(9)11/h1-6H,7H2. The van der Waals surface area contributed by atoms with Crippen LogP contribution in [-0.4, -0.2) is 5.78 Å². The van der Waals surface area contributed by atoms with Gasteiger partial charge in [-0.3, -0.25) is 4.79 Å². The normalized spacial score (nSPS) is 14.0. The van der Waals surface area contributed by atoms with Gasteiger partial charge in [0.2, 0.25) is 0 Å². The summed E-state index contributed by atoms with van der Waals surface area (Å²) in [5, 5.41) is 2.27. The number of carbonyl (C=O) groups is 1. The Balaban J connectivity index is 2.50. The highest BCUT2D eigenvalue weighted by Gasteiger charge is 2.24. The number of hydrogen-bond donors (Lipinski definition) is 0. The van der Waals surface area contributed by atoms with E-state index in [1.165, 1.54) is 5.56 Å². The highest BCUT2D eigenvalue weighted by atomic mass is 16.1. The Bertz CT molecular complexity index is 512. The van der Waals surface area contributed by atoms with Crippen LogP contribution in [0.2, 0.25) is 0 Å². The van der Waals surface area contributed by atoms with E-state index in [1.54, 1.807) is 0 Å². The van der Waals surface area contributed by atoms with E-state index in [0.29, 0.717) is 6.42 Å². The van der Waals surface area contributed by atoms with Crippen LogP contribution in [-0.2, 0) is 6.42 Å². The molecule has 0 saturated carbocycles. The molecule has 0 unspecified atom stereocenters. The molecule has 3 rings (SSSR count). The van der Waals surface area contributed by atoms with Gasteiger partial charge in [0.25, 0.3) is 0 Å². The van der Waals surface area contributed by atoms with E-state index in [9.17, 15) is 4.79 Å². The predicted octanol–water partition coefficient (Wildman–Crippen LogP) is 2.58. The smallest absolute Gasteiger partial charge is 0.168 e. The van der Waals surface area contributed by atoms with Crippen molar-refractivity contribution in [2.24, 2.45) is 0 Å². The Hall–Kier alpha value is -1.63. The summed E-state index contributed by atoms with van der Waals surface area (Å²) in [6.45, 7) is 0. The molecular weight excluding hydrogens is 160 g/mol. The zero-order valence-corrected chi connectivity index (χ0v) is 7.08. The minimum Gasteiger partial charge on any atom is -0.294 e. The number of fused-ring (bicyclic) bond motifs is 3. The molecular formula is C12H8O. The Morgan fingerprint density at radius 3 is 2.69 bits per heavy atom. The number of Topliss-reactive ketones (excluding diaryl/α,β-unsaturated/α-hetero) is 1. The monoisotopic (exact) mass is 168 g/mol. The van der Waals surface area contributed by atoms with Gasteiger partial charge in [0, 0.05) is 12.0 Å². The lowest BCUT2D eigenvalue weighted by Gasteiger charge is -2.18. The topological polar surface area (TPSA) is 17.1 Å². The van der Waals surface area contributed by atoms with Crippen LogP contribution < -0.4 is 0 Å². The first-order valence-electron chi connectivity index (χ1n) is 4.40. The molecule has 0 N–H and O–H groups in total. The fourth-order valence-electron chi connectivity index (χ4n) is 1.95. The molecule has 0 amide bonds. The summed E-state index contributed by atoms with van der Waals surface area (Å²) in [5.41, 5.74) is 2.14. The molecule has 1 heteroatoms. The summed E-state index contributed by atoms with van der Waals surface area (Å²) in [7, 11) is 0. The van der Waals surface area contributed by atoms with Gasteiger partial charge in [0.05, 0.1) is 0 Å². The van der Waals surface area contributed by atoms with Gasteiger partial charge in [-0.1, -0.05) is 36.4 Å². The van der Waals surface area contributed by atoms with Gasteiger partial charge in [0.15, 0.2) is 5.78 Å². The molecule has 0 atom stereocenters. The lowest BCUT2D eigenvalue weighted by atomic mass is 9.83. The maximum Gasteiger partial charge on any atom is 0.168 e. The number of rotatable bonds is 0. The molecule has 0 aliphatic heterocycles. The van der Waals surface area contributed by atoms with Crippen molar-refractivity contribution in [1.82, 2.24) is 0 Å². The molecule has 0 spiro atoms. The third-order valence-electron chi connectivity index (χ3n) is 2.65. The van der Waals surface area contributed by atoms with Crippen LogP contribution in [0.5, 0.6) is 0 Å². The maximum atomic E-state index is 11.3. The van der Waals surface area contributed by atoms with Crippen LogP contribution in [0.1, 0.15) is 15.9 Å². The van der Waals surface area contributed by atoms with Gasteiger partial charge in [-0.25, -0.2) is 0 Å². The summed E-state index contributed by atoms with van der Waals surface area (Å²) in [6, 6.07) is 12.2. The second-order valence-corrected chi connectivity index (χ2v) is 3.42. The summed E-state index contributed by atoms with van der Waals surface area (Å²) < 4.78 is 0. The Kier molecular flexibility index (Phi) is 1.15. The van der Waals surface area contributed by atoms with Crippen molar-refractivity contribution in [3.8, 4) is 0 Å². The Morgan fingerprint density at radius 2 is 1.85 bits per heavy atom. The van der Waals surface area contributed by atoms with Crippen LogP contribution in [0, 0.1) is 0 Å². The van der Waals surface area contributed by atoms with Crippen molar-refractivity contribution >= 4 is 16.6 Å². The first-order chi connectivity index (χ1) is 6.36. The van der Waals surface area contributed by atoms with Crippen molar-refractivity contribution in [2.45, 2.75) is 6.42 Å². The van der Waals surface area contributed by atoms with Gasteiger partial charge in [-0.15, -0.1) is 0 Å². The van der Waals surface area contributed by atoms with Crippen LogP contribution >= 0.6 is 0 Å².